The van der Waals surface area contributed by atoms with Crippen LogP contribution >= 0.6 is 0 Å². The predicted octanol–water partition coefficient (Wildman–Crippen LogP) is 5.97. The van der Waals surface area contributed by atoms with E-state index in [1.165, 1.54) is 12.1 Å². The first-order valence-electron chi connectivity index (χ1n) is 8.92. The molecule has 0 bridgehead atoms. The fraction of sp³-hybridized carbons (Fsp3) is 0.333. The molecule has 0 atom stereocenters. The third-order valence-electron chi connectivity index (χ3n) is 4.01. The van der Waals surface area contributed by atoms with Crippen LogP contribution in [0.3, 0.4) is 0 Å². The van der Waals surface area contributed by atoms with Crippen molar-refractivity contribution in [3.05, 3.63) is 71.3 Å². The molecule has 0 heterocycles. The number of rotatable bonds is 8. The van der Waals surface area contributed by atoms with Gasteiger partial charge in [0.15, 0.2) is 0 Å². The van der Waals surface area contributed by atoms with E-state index in [0.29, 0.717) is 16.8 Å². The van der Waals surface area contributed by atoms with Crippen LogP contribution in [0, 0.1) is 0 Å². The second-order valence-corrected chi connectivity index (χ2v) is 6.15. The molecule has 0 fully saturated rings. The molecule has 0 aromatic heterocycles. The van der Waals surface area contributed by atoms with Gasteiger partial charge in [-0.3, -0.25) is 0 Å². The highest BCUT2D eigenvalue weighted by molar-refractivity contribution is 6.12. The molecule has 144 valence electrons. The van der Waals surface area contributed by atoms with Crippen molar-refractivity contribution in [1.82, 2.24) is 0 Å². The number of unbranched alkanes of at least 4 members (excludes halogenated alkanes) is 3. The van der Waals surface area contributed by atoms with Crippen molar-refractivity contribution in [2.24, 2.45) is 5.16 Å². The van der Waals surface area contributed by atoms with E-state index in [1.54, 1.807) is 24.3 Å². The topological polar surface area (TPSA) is 38.7 Å². The Hall–Kier alpha value is -2.63. The van der Waals surface area contributed by atoms with Crippen molar-refractivity contribution in [1.29, 1.82) is 0 Å². The maximum Gasteiger partial charge on any atom is 0.416 e. The molecule has 27 heavy (non-hydrogen) atoms. The number of nitrogens with zero attached hydrogens (tertiary/aromatic N) is 1. The van der Waals surface area contributed by atoms with Gasteiger partial charge in [-0.1, -0.05) is 73.8 Å². The molecule has 0 radical (unpaired) electrons. The zero-order chi connectivity index (χ0) is 19.7. The summed E-state index contributed by atoms with van der Waals surface area (Å²) in [5.41, 5.74) is 0.654. The Morgan fingerprint density at radius 1 is 0.926 bits per heavy atom. The molecule has 2 aromatic rings. The molecule has 0 aliphatic heterocycles. The quantitative estimate of drug-likeness (QED) is 0.246. The van der Waals surface area contributed by atoms with Gasteiger partial charge in [0.1, 0.15) is 5.71 Å². The first-order chi connectivity index (χ1) is 12.9. The molecule has 0 spiro atoms. The minimum atomic E-state index is -4.41. The summed E-state index contributed by atoms with van der Waals surface area (Å²) in [7, 11) is 0. The number of alkyl halides is 3. The van der Waals surface area contributed by atoms with E-state index >= 15 is 0 Å². The molecule has 0 N–H and O–H groups in total. The Morgan fingerprint density at radius 3 is 2.15 bits per heavy atom. The van der Waals surface area contributed by atoms with Gasteiger partial charge in [0, 0.05) is 17.5 Å². The van der Waals surface area contributed by atoms with Crippen molar-refractivity contribution in [3.63, 3.8) is 0 Å². The van der Waals surface area contributed by atoms with E-state index in [2.05, 4.69) is 12.1 Å². The number of carbonyl (C=O) groups excluding carboxylic acids is 1. The Labute approximate surface area is 156 Å². The summed E-state index contributed by atoms with van der Waals surface area (Å²) in [5, 5.41) is 3.94. The summed E-state index contributed by atoms with van der Waals surface area (Å²) in [6, 6.07) is 13.5. The van der Waals surface area contributed by atoms with Crippen LogP contribution in [0.25, 0.3) is 0 Å². The van der Waals surface area contributed by atoms with Gasteiger partial charge in [0.2, 0.25) is 0 Å². The lowest BCUT2D eigenvalue weighted by Crippen LogP contribution is -2.09. The smallest absolute Gasteiger partial charge is 0.318 e. The van der Waals surface area contributed by atoms with Gasteiger partial charge in [0.05, 0.1) is 5.56 Å². The van der Waals surface area contributed by atoms with Crippen LogP contribution in [-0.4, -0.2) is 11.7 Å². The molecule has 0 unspecified atom stereocenters. The summed E-state index contributed by atoms with van der Waals surface area (Å²) in [6.45, 7) is 2.08. The molecular formula is C21H22F3NO2. The van der Waals surface area contributed by atoms with Crippen LogP contribution in [0.1, 0.15) is 55.7 Å². The number of halogens is 3. The molecular weight excluding hydrogens is 355 g/mol. The third kappa shape index (κ3) is 6.55. The van der Waals surface area contributed by atoms with E-state index in [-0.39, 0.29) is 6.42 Å². The van der Waals surface area contributed by atoms with Crippen molar-refractivity contribution in [3.8, 4) is 0 Å². The standard InChI is InChI=1S/C21H22F3NO2/c1-2-3-4-8-11-19(26)27-25-20(16-9-6-5-7-10-16)17-12-14-18(15-13-17)21(22,23)24/h5-7,9-10,12-15H,2-4,8,11H2,1H3. The number of carbonyl (C=O) groups is 1. The van der Waals surface area contributed by atoms with E-state index in [4.69, 9.17) is 4.84 Å². The predicted molar refractivity (Wildman–Crippen MR) is 98.4 cm³/mol. The van der Waals surface area contributed by atoms with Crippen LogP contribution in [0.2, 0.25) is 0 Å². The van der Waals surface area contributed by atoms with Gasteiger partial charge in [-0.05, 0) is 18.6 Å². The monoisotopic (exact) mass is 377 g/mol. The Bertz CT molecular complexity index is 753. The molecule has 6 heteroatoms. The number of oxime groups is 1. The zero-order valence-electron chi connectivity index (χ0n) is 15.1. The van der Waals surface area contributed by atoms with Crippen molar-refractivity contribution in [2.75, 3.05) is 0 Å². The molecule has 3 nitrogen and oxygen atoms in total. The molecule has 0 saturated carbocycles. The van der Waals surface area contributed by atoms with Crippen LogP contribution in [0.4, 0.5) is 13.2 Å². The van der Waals surface area contributed by atoms with Gasteiger partial charge < -0.3 is 4.84 Å². The lowest BCUT2D eigenvalue weighted by molar-refractivity contribution is -0.143. The maximum atomic E-state index is 12.8. The summed E-state index contributed by atoms with van der Waals surface area (Å²) in [6.07, 6.45) is -0.355. The van der Waals surface area contributed by atoms with Crippen LogP contribution in [0.5, 0.6) is 0 Å². The fourth-order valence-electron chi connectivity index (χ4n) is 2.52. The summed E-state index contributed by atoms with van der Waals surface area (Å²) >= 11 is 0. The average molecular weight is 377 g/mol. The zero-order valence-corrected chi connectivity index (χ0v) is 15.1. The number of benzene rings is 2. The van der Waals surface area contributed by atoms with E-state index in [1.807, 2.05) is 6.07 Å². The Morgan fingerprint density at radius 2 is 1.56 bits per heavy atom. The van der Waals surface area contributed by atoms with Crippen molar-refractivity contribution < 1.29 is 22.8 Å². The van der Waals surface area contributed by atoms with Gasteiger partial charge in [-0.25, -0.2) is 4.79 Å². The lowest BCUT2D eigenvalue weighted by Gasteiger charge is -2.10. The fourth-order valence-corrected chi connectivity index (χ4v) is 2.52. The van der Waals surface area contributed by atoms with Crippen LogP contribution in [0.15, 0.2) is 59.8 Å². The van der Waals surface area contributed by atoms with Gasteiger partial charge >= 0.3 is 12.1 Å². The molecule has 2 aromatic carbocycles. The molecule has 0 saturated heterocycles. The number of hydrogen-bond acceptors (Lipinski definition) is 3. The normalized spacial score (nSPS) is 12.1. The maximum absolute atomic E-state index is 12.8. The van der Waals surface area contributed by atoms with E-state index in [0.717, 1.165) is 37.8 Å². The minimum Gasteiger partial charge on any atom is -0.318 e. The highest BCUT2D eigenvalue weighted by Crippen LogP contribution is 2.29. The summed E-state index contributed by atoms with van der Waals surface area (Å²) < 4.78 is 38.3. The van der Waals surface area contributed by atoms with E-state index < -0.39 is 17.7 Å². The van der Waals surface area contributed by atoms with Crippen molar-refractivity contribution >= 4 is 11.7 Å². The average Bonchev–Trinajstić information content (AvgIpc) is 2.66. The lowest BCUT2D eigenvalue weighted by atomic mass is 10.0. The second kappa shape index (κ2) is 9.90. The van der Waals surface area contributed by atoms with Gasteiger partial charge in [-0.15, -0.1) is 0 Å². The molecule has 0 aliphatic rings. The summed E-state index contributed by atoms with van der Waals surface area (Å²) in [4.78, 5) is 16.9. The van der Waals surface area contributed by atoms with Gasteiger partial charge in [0.25, 0.3) is 0 Å². The molecule has 2 rings (SSSR count). The number of hydrogen-bond donors (Lipinski definition) is 0. The highest BCUT2D eigenvalue weighted by atomic mass is 19.4. The molecule has 0 amide bonds. The Kier molecular flexibility index (Phi) is 7.58. The first-order valence-corrected chi connectivity index (χ1v) is 8.92. The Balaban J connectivity index is 2.18. The first kappa shape index (κ1) is 20.7. The summed E-state index contributed by atoms with van der Waals surface area (Å²) in [5.74, 6) is -0.452. The largest absolute Gasteiger partial charge is 0.416 e. The SMILES string of the molecule is CCCCCCC(=O)ON=C(c1ccccc1)c1ccc(C(F)(F)F)cc1. The van der Waals surface area contributed by atoms with Crippen LogP contribution < -0.4 is 0 Å². The van der Waals surface area contributed by atoms with E-state index in [9.17, 15) is 18.0 Å². The molecule has 0 aliphatic carbocycles. The highest BCUT2D eigenvalue weighted by Gasteiger charge is 2.30. The minimum absolute atomic E-state index is 0.262. The van der Waals surface area contributed by atoms with Gasteiger partial charge in [-0.2, -0.15) is 13.2 Å². The second-order valence-electron chi connectivity index (χ2n) is 6.15. The van der Waals surface area contributed by atoms with Crippen LogP contribution in [-0.2, 0) is 15.8 Å². The third-order valence-corrected chi connectivity index (χ3v) is 4.01. The van der Waals surface area contributed by atoms with Crippen molar-refractivity contribution in [2.45, 2.75) is 45.2 Å².